The highest BCUT2D eigenvalue weighted by molar-refractivity contribution is 7.93. The van der Waals surface area contributed by atoms with Crippen molar-refractivity contribution in [3.05, 3.63) is 88.0 Å². The highest BCUT2D eigenvalue weighted by Crippen LogP contribution is 2.31. The smallest absolute Gasteiger partial charge is 0.337 e. The third kappa shape index (κ3) is 5.81. The van der Waals surface area contributed by atoms with E-state index in [-0.39, 0.29) is 22.0 Å². The number of nitrogens with one attached hydrogen (secondary N) is 2. The van der Waals surface area contributed by atoms with E-state index in [1.54, 1.807) is 42.5 Å². The number of ether oxygens (including phenoxy) is 2. The standard InChI is InChI=1S/C23H23N3O7S/c1-32-21-6-4-3-5-19(21)25-34(30,31)22-15-18(26(28)29)11-12-20(22)24-14-13-16-7-9-17(10-8-16)23(27)33-2/h3-12,15,24-25H,13-14H2,1-2H3. The summed E-state index contributed by atoms with van der Waals surface area (Å²) in [6.45, 7) is 0.340. The summed E-state index contributed by atoms with van der Waals surface area (Å²) in [5, 5.41) is 14.3. The summed E-state index contributed by atoms with van der Waals surface area (Å²) in [6, 6.07) is 16.9. The number of nitrogens with zero attached hydrogens (tertiary/aromatic N) is 1. The second-order valence-electron chi connectivity index (χ2n) is 7.11. The van der Waals surface area contributed by atoms with Crippen LogP contribution in [-0.4, -0.2) is 40.1 Å². The van der Waals surface area contributed by atoms with Crippen LogP contribution in [0.4, 0.5) is 17.1 Å². The molecule has 3 aromatic rings. The molecule has 0 fully saturated rings. The second-order valence-corrected chi connectivity index (χ2v) is 8.76. The van der Waals surface area contributed by atoms with Crippen LogP contribution < -0.4 is 14.8 Å². The van der Waals surface area contributed by atoms with E-state index in [4.69, 9.17) is 4.74 Å². The molecule has 0 aliphatic rings. The SMILES string of the molecule is COC(=O)c1ccc(CCNc2ccc([N+](=O)[O-])cc2S(=O)(=O)Nc2ccccc2OC)cc1. The molecule has 0 bridgehead atoms. The number of carbonyl (C=O) groups is 1. The zero-order valence-corrected chi connectivity index (χ0v) is 19.3. The van der Waals surface area contributed by atoms with Gasteiger partial charge < -0.3 is 14.8 Å². The number of hydrogen-bond donors (Lipinski definition) is 2. The Balaban J connectivity index is 1.82. The quantitative estimate of drug-likeness (QED) is 0.251. The summed E-state index contributed by atoms with van der Waals surface area (Å²) in [7, 11) is -1.48. The van der Waals surface area contributed by atoms with Crippen LogP contribution in [0.15, 0.2) is 71.6 Å². The molecule has 0 amide bonds. The molecule has 0 spiro atoms. The molecule has 0 saturated heterocycles. The first-order valence-corrected chi connectivity index (χ1v) is 11.6. The van der Waals surface area contributed by atoms with E-state index in [0.29, 0.717) is 24.3 Å². The number of para-hydroxylation sites is 2. The fraction of sp³-hybridized carbons (Fsp3) is 0.174. The first-order chi connectivity index (χ1) is 16.2. The summed E-state index contributed by atoms with van der Waals surface area (Å²) < 4.78 is 38.6. The number of nitro groups is 1. The van der Waals surface area contributed by atoms with Gasteiger partial charge in [0, 0.05) is 18.7 Å². The Morgan fingerprint density at radius 2 is 1.71 bits per heavy atom. The molecule has 0 heterocycles. The number of non-ortho nitro benzene ring substituents is 1. The molecule has 2 N–H and O–H groups in total. The molecule has 0 aliphatic carbocycles. The summed E-state index contributed by atoms with van der Waals surface area (Å²) in [5.74, 6) is -0.130. The molecule has 3 rings (SSSR count). The monoisotopic (exact) mass is 485 g/mol. The molecule has 10 nitrogen and oxygen atoms in total. The van der Waals surface area contributed by atoms with Gasteiger partial charge >= 0.3 is 5.97 Å². The molecule has 0 aliphatic heterocycles. The van der Waals surface area contributed by atoms with E-state index in [1.807, 2.05) is 0 Å². The minimum absolute atomic E-state index is 0.202. The van der Waals surface area contributed by atoms with Gasteiger partial charge in [-0.05, 0) is 42.3 Å². The van der Waals surface area contributed by atoms with Crippen LogP contribution in [0.5, 0.6) is 5.75 Å². The topological polar surface area (TPSA) is 137 Å². The average molecular weight is 486 g/mol. The summed E-state index contributed by atoms with van der Waals surface area (Å²) >= 11 is 0. The van der Waals surface area contributed by atoms with Gasteiger partial charge in [0.15, 0.2) is 0 Å². The minimum atomic E-state index is -4.19. The normalized spacial score (nSPS) is 10.9. The van der Waals surface area contributed by atoms with Crippen molar-refractivity contribution in [2.75, 3.05) is 30.8 Å². The van der Waals surface area contributed by atoms with Gasteiger partial charge in [-0.2, -0.15) is 0 Å². The number of hydrogen-bond acceptors (Lipinski definition) is 8. The van der Waals surface area contributed by atoms with E-state index in [1.165, 1.54) is 32.4 Å². The maximum absolute atomic E-state index is 13.2. The number of methoxy groups -OCH3 is 2. The highest BCUT2D eigenvalue weighted by Gasteiger charge is 2.23. The van der Waals surface area contributed by atoms with Crippen LogP contribution in [0.25, 0.3) is 0 Å². The van der Waals surface area contributed by atoms with Crippen LogP contribution in [0, 0.1) is 10.1 Å². The molecule has 3 aromatic carbocycles. The molecular formula is C23H23N3O7S. The number of anilines is 2. The van der Waals surface area contributed by atoms with Crippen LogP contribution in [0.2, 0.25) is 0 Å². The van der Waals surface area contributed by atoms with Crippen molar-refractivity contribution < 1.29 is 27.6 Å². The second kappa shape index (κ2) is 10.7. The molecule has 0 atom stereocenters. The zero-order valence-electron chi connectivity index (χ0n) is 18.5. The Morgan fingerprint density at radius 1 is 1.00 bits per heavy atom. The maximum atomic E-state index is 13.2. The lowest BCUT2D eigenvalue weighted by atomic mass is 10.1. The average Bonchev–Trinajstić information content (AvgIpc) is 2.84. The highest BCUT2D eigenvalue weighted by atomic mass is 32.2. The zero-order chi connectivity index (χ0) is 24.7. The summed E-state index contributed by atoms with van der Waals surface area (Å²) in [6.07, 6.45) is 0.512. The first kappa shape index (κ1) is 24.5. The van der Waals surface area contributed by atoms with Gasteiger partial charge in [0.2, 0.25) is 0 Å². The summed E-state index contributed by atoms with van der Waals surface area (Å²) in [4.78, 5) is 21.9. The van der Waals surface area contributed by atoms with E-state index in [2.05, 4.69) is 14.8 Å². The Morgan fingerprint density at radius 3 is 2.35 bits per heavy atom. The summed E-state index contributed by atoms with van der Waals surface area (Å²) in [5.41, 5.74) is 1.38. The van der Waals surface area contributed by atoms with E-state index < -0.39 is 20.9 Å². The predicted octanol–water partition coefficient (Wildman–Crippen LogP) is 3.85. The van der Waals surface area contributed by atoms with Crippen molar-refractivity contribution in [2.45, 2.75) is 11.3 Å². The van der Waals surface area contributed by atoms with Gasteiger partial charge in [0.1, 0.15) is 10.6 Å². The third-order valence-corrected chi connectivity index (χ3v) is 6.33. The molecule has 0 saturated carbocycles. The van der Waals surface area contributed by atoms with Crippen molar-refractivity contribution in [1.29, 1.82) is 0 Å². The van der Waals surface area contributed by atoms with Crippen molar-refractivity contribution in [3.63, 3.8) is 0 Å². The van der Waals surface area contributed by atoms with Crippen LogP contribution in [0.3, 0.4) is 0 Å². The van der Waals surface area contributed by atoms with Gasteiger partial charge in [-0.25, -0.2) is 13.2 Å². The van der Waals surface area contributed by atoms with Crippen LogP contribution in [0.1, 0.15) is 15.9 Å². The number of nitro benzene ring substituents is 1. The number of benzene rings is 3. The van der Waals surface area contributed by atoms with E-state index in [9.17, 15) is 23.3 Å². The lowest BCUT2D eigenvalue weighted by Gasteiger charge is -2.15. The molecule has 34 heavy (non-hydrogen) atoms. The van der Waals surface area contributed by atoms with Gasteiger partial charge in [0.05, 0.1) is 36.1 Å². The lowest BCUT2D eigenvalue weighted by molar-refractivity contribution is -0.385. The van der Waals surface area contributed by atoms with Crippen molar-refractivity contribution in [1.82, 2.24) is 0 Å². The Kier molecular flexibility index (Phi) is 7.69. The number of sulfonamides is 1. The Hall–Kier alpha value is -4.12. The molecular weight excluding hydrogens is 462 g/mol. The lowest BCUT2D eigenvalue weighted by Crippen LogP contribution is -2.17. The van der Waals surface area contributed by atoms with Crippen LogP contribution in [-0.2, 0) is 21.2 Å². The number of rotatable bonds is 10. The van der Waals surface area contributed by atoms with E-state index in [0.717, 1.165) is 11.6 Å². The molecule has 178 valence electrons. The van der Waals surface area contributed by atoms with Crippen molar-refractivity contribution in [2.24, 2.45) is 0 Å². The van der Waals surface area contributed by atoms with Crippen LogP contribution >= 0.6 is 0 Å². The van der Waals surface area contributed by atoms with Gasteiger partial charge in [-0.1, -0.05) is 24.3 Å². The Bertz CT molecular complexity index is 1290. The molecule has 11 heteroatoms. The van der Waals surface area contributed by atoms with Gasteiger partial charge in [0.25, 0.3) is 15.7 Å². The van der Waals surface area contributed by atoms with E-state index >= 15 is 0 Å². The Labute approximate surface area is 196 Å². The van der Waals surface area contributed by atoms with Crippen molar-refractivity contribution >= 4 is 33.1 Å². The minimum Gasteiger partial charge on any atom is -0.495 e. The number of carbonyl (C=O) groups excluding carboxylic acids is 1. The largest absolute Gasteiger partial charge is 0.495 e. The van der Waals surface area contributed by atoms with Gasteiger partial charge in [-0.3, -0.25) is 14.8 Å². The fourth-order valence-corrected chi connectivity index (χ4v) is 4.46. The third-order valence-electron chi connectivity index (χ3n) is 4.92. The maximum Gasteiger partial charge on any atom is 0.337 e. The molecule has 0 radical (unpaired) electrons. The fourth-order valence-electron chi connectivity index (χ4n) is 3.19. The molecule has 0 unspecified atom stereocenters. The number of esters is 1. The first-order valence-electron chi connectivity index (χ1n) is 10.1. The molecule has 0 aromatic heterocycles. The predicted molar refractivity (Wildman–Crippen MR) is 127 cm³/mol. The van der Waals surface area contributed by atoms with Crippen molar-refractivity contribution in [3.8, 4) is 5.75 Å². The van der Waals surface area contributed by atoms with Gasteiger partial charge in [-0.15, -0.1) is 0 Å².